The van der Waals surface area contributed by atoms with Crippen molar-refractivity contribution < 1.29 is 0 Å². The molecule has 4 nitrogen and oxygen atoms in total. The van der Waals surface area contributed by atoms with Crippen molar-refractivity contribution in [3.05, 3.63) is 0 Å². The van der Waals surface area contributed by atoms with Gasteiger partial charge in [-0.25, -0.2) is 4.99 Å². The summed E-state index contributed by atoms with van der Waals surface area (Å²) in [6.07, 6.45) is 16.7. The molecule has 1 atom stereocenters. The molecule has 0 radical (unpaired) electrons. The lowest BCUT2D eigenvalue weighted by atomic mass is 10.1. The second-order valence-corrected chi connectivity index (χ2v) is 6.56. The van der Waals surface area contributed by atoms with Gasteiger partial charge in [0.15, 0.2) is 5.96 Å². The standard InChI is InChI=1S/C18H40N4.ClH/c1-4-5-6-7-8-9-10-11-12-13-14-15-16-22(3)17(2)21-18(19)20;/h17H,4-16H2,1-3H3,(H4,19,20,21);1H. The fraction of sp³-hybridized carbons (Fsp3) is 0.944. The van der Waals surface area contributed by atoms with Crippen molar-refractivity contribution in [2.45, 2.75) is 97.1 Å². The van der Waals surface area contributed by atoms with Gasteiger partial charge >= 0.3 is 0 Å². The summed E-state index contributed by atoms with van der Waals surface area (Å²) >= 11 is 0. The number of hydrogen-bond acceptors (Lipinski definition) is 2. The highest BCUT2D eigenvalue weighted by atomic mass is 35.5. The third kappa shape index (κ3) is 17.7. The third-order valence-electron chi connectivity index (χ3n) is 4.34. The van der Waals surface area contributed by atoms with E-state index < -0.39 is 0 Å². The number of halogens is 1. The van der Waals surface area contributed by atoms with Gasteiger partial charge in [-0.1, -0.05) is 77.6 Å². The summed E-state index contributed by atoms with van der Waals surface area (Å²) in [5.74, 6) is 0.175. The topological polar surface area (TPSA) is 67.6 Å². The first-order valence-electron chi connectivity index (χ1n) is 9.37. The summed E-state index contributed by atoms with van der Waals surface area (Å²) in [5.41, 5.74) is 10.8. The molecule has 0 saturated heterocycles. The van der Waals surface area contributed by atoms with Crippen LogP contribution in [0.1, 0.15) is 90.9 Å². The Labute approximate surface area is 150 Å². The maximum absolute atomic E-state index is 5.40. The van der Waals surface area contributed by atoms with Crippen LogP contribution in [-0.4, -0.2) is 30.6 Å². The molecule has 0 rings (SSSR count). The van der Waals surface area contributed by atoms with Gasteiger partial charge in [-0.3, -0.25) is 4.90 Å². The van der Waals surface area contributed by atoms with Gasteiger partial charge in [-0.15, -0.1) is 12.4 Å². The van der Waals surface area contributed by atoms with E-state index in [2.05, 4.69) is 23.9 Å². The normalized spacial score (nSPS) is 12.0. The van der Waals surface area contributed by atoms with Gasteiger partial charge < -0.3 is 11.5 Å². The Kier molecular flexibility index (Phi) is 19.2. The maximum Gasteiger partial charge on any atom is 0.187 e. The zero-order chi connectivity index (χ0) is 16.6. The van der Waals surface area contributed by atoms with Crippen LogP contribution in [0.5, 0.6) is 0 Å². The Morgan fingerprint density at radius 3 is 1.61 bits per heavy atom. The average Bonchev–Trinajstić information content (AvgIpc) is 2.47. The first-order valence-corrected chi connectivity index (χ1v) is 9.37. The molecule has 0 heterocycles. The van der Waals surface area contributed by atoms with E-state index in [0.717, 1.165) is 6.54 Å². The fourth-order valence-electron chi connectivity index (χ4n) is 2.70. The Morgan fingerprint density at radius 1 is 0.826 bits per heavy atom. The van der Waals surface area contributed by atoms with E-state index in [9.17, 15) is 0 Å². The lowest BCUT2D eigenvalue weighted by molar-refractivity contribution is 0.258. The number of nitrogens with two attached hydrogens (primary N) is 2. The smallest absolute Gasteiger partial charge is 0.187 e. The van der Waals surface area contributed by atoms with Crippen molar-refractivity contribution in [1.82, 2.24) is 4.90 Å². The summed E-state index contributed by atoms with van der Waals surface area (Å²) in [6.45, 7) is 5.37. The zero-order valence-electron chi connectivity index (χ0n) is 15.7. The van der Waals surface area contributed by atoms with Crippen LogP contribution in [0.2, 0.25) is 0 Å². The van der Waals surface area contributed by atoms with Crippen LogP contribution < -0.4 is 11.5 Å². The fourth-order valence-corrected chi connectivity index (χ4v) is 2.70. The summed E-state index contributed by atoms with van der Waals surface area (Å²) in [5, 5.41) is 0. The monoisotopic (exact) mass is 348 g/mol. The number of nitrogens with zero attached hydrogens (tertiary/aromatic N) is 2. The molecule has 0 aromatic heterocycles. The number of guanidine groups is 1. The quantitative estimate of drug-likeness (QED) is 0.257. The van der Waals surface area contributed by atoms with E-state index in [0.29, 0.717) is 0 Å². The van der Waals surface area contributed by atoms with Gasteiger partial charge in [0.25, 0.3) is 0 Å². The van der Waals surface area contributed by atoms with Crippen molar-refractivity contribution in [2.75, 3.05) is 13.6 Å². The highest BCUT2D eigenvalue weighted by molar-refractivity contribution is 5.85. The van der Waals surface area contributed by atoms with Crippen LogP contribution in [0.25, 0.3) is 0 Å². The first-order chi connectivity index (χ1) is 10.6. The molecular weight excluding hydrogens is 308 g/mol. The number of aliphatic imine (C=N–C) groups is 1. The SMILES string of the molecule is CCCCCCCCCCCCCCN(C)C(C)N=C(N)N.Cl. The molecule has 0 bridgehead atoms. The average molecular weight is 349 g/mol. The Bertz CT molecular complexity index is 268. The van der Waals surface area contributed by atoms with E-state index in [4.69, 9.17) is 11.5 Å². The number of hydrogen-bond donors (Lipinski definition) is 2. The molecular formula is C18H41ClN4. The molecule has 0 aliphatic heterocycles. The molecule has 0 aliphatic rings. The van der Waals surface area contributed by atoms with Crippen molar-refractivity contribution in [1.29, 1.82) is 0 Å². The Hall–Kier alpha value is -0.480. The van der Waals surface area contributed by atoms with Gasteiger partial charge in [0.1, 0.15) is 6.17 Å². The maximum atomic E-state index is 5.40. The van der Waals surface area contributed by atoms with Crippen molar-refractivity contribution >= 4 is 18.4 Å². The van der Waals surface area contributed by atoms with Gasteiger partial charge in [-0.2, -0.15) is 0 Å². The number of unbranched alkanes of at least 4 members (excludes halogenated alkanes) is 11. The van der Waals surface area contributed by atoms with E-state index >= 15 is 0 Å². The molecule has 0 spiro atoms. The van der Waals surface area contributed by atoms with Crippen molar-refractivity contribution in [2.24, 2.45) is 16.5 Å². The van der Waals surface area contributed by atoms with Gasteiger partial charge in [-0.05, 0) is 26.9 Å². The van der Waals surface area contributed by atoms with E-state index in [1.54, 1.807) is 0 Å². The Morgan fingerprint density at radius 2 is 1.22 bits per heavy atom. The van der Waals surface area contributed by atoms with Gasteiger partial charge in [0.2, 0.25) is 0 Å². The van der Waals surface area contributed by atoms with Crippen LogP contribution in [0.4, 0.5) is 0 Å². The number of rotatable bonds is 15. The minimum atomic E-state index is 0. The molecule has 0 aliphatic carbocycles. The molecule has 5 heteroatoms. The minimum Gasteiger partial charge on any atom is -0.370 e. The predicted octanol–water partition coefficient (Wildman–Crippen LogP) is 4.66. The Balaban J connectivity index is 0. The van der Waals surface area contributed by atoms with Crippen LogP contribution in [-0.2, 0) is 0 Å². The summed E-state index contributed by atoms with van der Waals surface area (Å²) in [7, 11) is 2.08. The van der Waals surface area contributed by atoms with Crippen LogP contribution >= 0.6 is 12.4 Å². The second kappa shape index (κ2) is 17.9. The molecule has 0 aromatic carbocycles. The van der Waals surface area contributed by atoms with E-state index in [-0.39, 0.29) is 24.5 Å². The van der Waals surface area contributed by atoms with E-state index in [1.807, 2.05) is 6.92 Å². The van der Waals surface area contributed by atoms with Crippen molar-refractivity contribution in [3.63, 3.8) is 0 Å². The second-order valence-electron chi connectivity index (χ2n) is 6.56. The molecule has 0 fully saturated rings. The highest BCUT2D eigenvalue weighted by Crippen LogP contribution is 2.12. The predicted molar refractivity (Wildman–Crippen MR) is 106 cm³/mol. The molecule has 0 saturated carbocycles. The van der Waals surface area contributed by atoms with Crippen molar-refractivity contribution in [3.8, 4) is 0 Å². The third-order valence-corrected chi connectivity index (χ3v) is 4.34. The van der Waals surface area contributed by atoms with E-state index in [1.165, 1.54) is 77.0 Å². The molecule has 1 unspecified atom stereocenters. The molecule has 140 valence electrons. The van der Waals surface area contributed by atoms with Crippen LogP contribution in [0, 0.1) is 0 Å². The summed E-state index contributed by atoms with van der Waals surface area (Å²) in [6, 6.07) is 0. The lowest BCUT2D eigenvalue weighted by Crippen LogP contribution is -2.33. The lowest BCUT2D eigenvalue weighted by Gasteiger charge is -2.21. The minimum absolute atomic E-state index is 0. The van der Waals surface area contributed by atoms with Crippen LogP contribution in [0.3, 0.4) is 0 Å². The van der Waals surface area contributed by atoms with Crippen LogP contribution in [0.15, 0.2) is 4.99 Å². The zero-order valence-corrected chi connectivity index (χ0v) is 16.5. The van der Waals surface area contributed by atoms with Gasteiger partial charge in [0.05, 0.1) is 0 Å². The van der Waals surface area contributed by atoms with Gasteiger partial charge in [0, 0.05) is 0 Å². The molecule has 0 amide bonds. The molecule has 0 aromatic rings. The molecule has 4 N–H and O–H groups in total. The summed E-state index contributed by atoms with van der Waals surface area (Å²) < 4.78 is 0. The first kappa shape index (κ1) is 24.8. The molecule has 23 heavy (non-hydrogen) atoms. The highest BCUT2D eigenvalue weighted by Gasteiger charge is 2.06. The largest absolute Gasteiger partial charge is 0.370 e. The summed E-state index contributed by atoms with van der Waals surface area (Å²) in [4.78, 5) is 6.36.